The highest BCUT2D eigenvalue weighted by Gasteiger charge is 2.11. The Morgan fingerprint density at radius 3 is 2.71 bits per heavy atom. The van der Waals surface area contributed by atoms with Gasteiger partial charge in [0.15, 0.2) is 0 Å². The summed E-state index contributed by atoms with van der Waals surface area (Å²) in [5.41, 5.74) is 0.754. The molecule has 0 bridgehead atoms. The van der Waals surface area contributed by atoms with E-state index in [0.29, 0.717) is 5.69 Å². The van der Waals surface area contributed by atoms with Crippen molar-refractivity contribution in [3.63, 3.8) is 0 Å². The van der Waals surface area contributed by atoms with Crippen molar-refractivity contribution in [3.8, 4) is 0 Å². The molecule has 108 valence electrons. The molecule has 1 amide bonds. The highest BCUT2D eigenvalue weighted by atomic mass is 19.1. The number of carbonyl (C=O) groups is 2. The molecule has 1 heterocycles. The van der Waals surface area contributed by atoms with Gasteiger partial charge in [-0.2, -0.15) is 0 Å². The average Bonchev–Trinajstić information content (AvgIpc) is 2.82. The van der Waals surface area contributed by atoms with E-state index < -0.39 is 17.7 Å². The number of amides is 1. The third-order valence-corrected chi connectivity index (χ3v) is 2.53. The second kappa shape index (κ2) is 6.00. The summed E-state index contributed by atoms with van der Waals surface area (Å²) in [6, 6.07) is 5.23. The number of benzene rings is 1. The molecule has 0 radical (unpaired) electrons. The van der Waals surface area contributed by atoms with E-state index in [1.807, 2.05) is 0 Å². The number of carboxylic acid groups (broad SMARTS) is 1. The number of carboxylic acids is 1. The monoisotopic (exact) mass is 290 g/mol. The maximum Gasteiger partial charge on any atom is 0.328 e. The number of hydrogen-bond acceptors (Lipinski definition) is 4. The fourth-order valence-electron chi connectivity index (χ4n) is 1.57. The highest BCUT2D eigenvalue weighted by Crippen LogP contribution is 2.15. The Bertz CT molecular complexity index is 722. The van der Waals surface area contributed by atoms with E-state index >= 15 is 0 Å². The Hall–Kier alpha value is -2.96. The van der Waals surface area contributed by atoms with Crippen molar-refractivity contribution < 1.29 is 23.6 Å². The van der Waals surface area contributed by atoms with E-state index in [9.17, 15) is 14.0 Å². The molecule has 0 unspecified atom stereocenters. The van der Waals surface area contributed by atoms with E-state index in [4.69, 9.17) is 9.63 Å². The van der Waals surface area contributed by atoms with Crippen molar-refractivity contribution in [2.45, 2.75) is 6.92 Å². The molecule has 2 rings (SSSR count). The van der Waals surface area contributed by atoms with Crippen molar-refractivity contribution in [1.29, 1.82) is 0 Å². The first-order valence-corrected chi connectivity index (χ1v) is 5.91. The molecular formula is C14H11FN2O4. The fourth-order valence-corrected chi connectivity index (χ4v) is 1.57. The number of anilines is 1. The minimum atomic E-state index is -1.18. The van der Waals surface area contributed by atoms with Crippen LogP contribution < -0.4 is 5.32 Å². The SMILES string of the molecule is Cc1cc(NC(=O)c2ccc(C=CC(=O)O)c(F)c2)on1. The van der Waals surface area contributed by atoms with Crippen LogP contribution in [0.3, 0.4) is 0 Å². The summed E-state index contributed by atoms with van der Waals surface area (Å²) in [7, 11) is 0. The van der Waals surface area contributed by atoms with Crippen molar-refractivity contribution in [2.24, 2.45) is 0 Å². The van der Waals surface area contributed by atoms with Crippen LogP contribution in [-0.4, -0.2) is 22.1 Å². The Morgan fingerprint density at radius 2 is 2.14 bits per heavy atom. The van der Waals surface area contributed by atoms with Crippen LogP contribution in [0.5, 0.6) is 0 Å². The lowest BCUT2D eigenvalue weighted by Crippen LogP contribution is -2.11. The molecule has 0 spiro atoms. The van der Waals surface area contributed by atoms with E-state index in [1.165, 1.54) is 18.2 Å². The molecule has 2 aromatic rings. The van der Waals surface area contributed by atoms with Crippen LogP contribution in [0.1, 0.15) is 21.6 Å². The van der Waals surface area contributed by atoms with Gasteiger partial charge in [-0.1, -0.05) is 11.2 Å². The fraction of sp³-hybridized carbons (Fsp3) is 0.0714. The first-order valence-electron chi connectivity index (χ1n) is 5.91. The lowest BCUT2D eigenvalue weighted by molar-refractivity contribution is -0.131. The minimum Gasteiger partial charge on any atom is -0.478 e. The van der Waals surface area contributed by atoms with Gasteiger partial charge >= 0.3 is 5.97 Å². The molecule has 6 nitrogen and oxygen atoms in total. The van der Waals surface area contributed by atoms with Crippen LogP contribution in [-0.2, 0) is 4.79 Å². The van der Waals surface area contributed by atoms with Crippen molar-refractivity contribution in [1.82, 2.24) is 5.16 Å². The molecule has 0 saturated carbocycles. The molecule has 2 N–H and O–H groups in total. The lowest BCUT2D eigenvalue weighted by Gasteiger charge is -2.03. The zero-order valence-corrected chi connectivity index (χ0v) is 11.0. The summed E-state index contributed by atoms with van der Waals surface area (Å²) < 4.78 is 18.6. The van der Waals surface area contributed by atoms with Gasteiger partial charge in [0, 0.05) is 23.3 Å². The van der Waals surface area contributed by atoms with E-state index in [1.54, 1.807) is 6.92 Å². The van der Waals surface area contributed by atoms with Crippen molar-refractivity contribution >= 4 is 23.8 Å². The predicted molar refractivity (Wildman–Crippen MR) is 72.3 cm³/mol. The van der Waals surface area contributed by atoms with Crippen LogP contribution in [0.2, 0.25) is 0 Å². The van der Waals surface area contributed by atoms with Gasteiger partial charge in [-0.25, -0.2) is 9.18 Å². The Balaban J connectivity index is 2.15. The number of nitrogens with one attached hydrogen (secondary N) is 1. The maximum absolute atomic E-state index is 13.7. The smallest absolute Gasteiger partial charge is 0.328 e. The first-order chi connectivity index (χ1) is 9.95. The van der Waals surface area contributed by atoms with E-state index in [-0.39, 0.29) is 17.0 Å². The molecular weight excluding hydrogens is 279 g/mol. The predicted octanol–water partition coefficient (Wildman–Crippen LogP) is 2.47. The minimum absolute atomic E-state index is 0.0736. The van der Waals surface area contributed by atoms with Gasteiger partial charge in [0.25, 0.3) is 5.91 Å². The normalized spacial score (nSPS) is 10.8. The number of carbonyl (C=O) groups excluding carboxylic acids is 1. The number of aromatic nitrogens is 1. The molecule has 0 aliphatic rings. The maximum atomic E-state index is 13.7. The van der Waals surface area contributed by atoms with Crippen LogP contribution in [0.25, 0.3) is 6.08 Å². The molecule has 0 saturated heterocycles. The van der Waals surface area contributed by atoms with Gasteiger partial charge < -0.3 is 9.63 Å². The Labute approximate surface area is 118 Å². The molecule has 0 atom stereocenters. The average molecular weight is 290 g/mol. The van der Waals surface area contributed by atoms with Gasteiger partial charge in [0.1, 0.15) is 5.82 Å². The Morgan fingerprint density at radius 1 is 1.38 bits per heavy atom. The van der Waals surface area contributed by atoms with Gasteiger partial charge in [0.05, 0.1) is 5.69 Å². The standard InChI is InChI=1S/C14H11FN2O4/c1-8-6-12(21-17-8)16-14(20)10-3-2-9(11(15)7-10)4-5-13(18)19/h2-7H,1H3,(H,16,20)(H,18,19). The van der Waals surface area contributed by atoms with Crippen molar-refractivity contribution in [3.05, 3.63) is 53.0 Å². The number of aliphatic carboxylic acids is 1. The number of rotatable bonds is 4. The largest absolute Gasteiger partial charge is 0.478 e. The van der Waals surface area contributed by atoms with E-state index in [0.717, 1.165) is 18.2 Å². The van der Waals surface area contributed by atoms with Gasteiger partial charge in [0.2, 0.25) is 5.88 Å². The van der Waals surface area contributed by atoms with Crippen LogP contribution in [0, 0.1) is 12.7 Å². The van der Waals surface area contributed by atoms with E-state index in [2.05, 4.69) is 10.5 Å². The number of hydrogen-bond donors (Lipinski definition) is 2. The number of aryl methyl sites for hydroxylation is 1. The molecule has 0 aliphatic heterocycles. The Kier molecular flexibility index (Phi) is 4.13. The summed E-state index contributed by atoms with van der Waals surface area (Å²) in [4.78, 5) is 22.2. The molecule has 21 heavy (non-hydrogen) atoms. The highest BCUT2D eigenvalue weighted by molar-refractivity contribution is 6.03. The summed E-state index contributed by atoms with van der Waals surface area (Å²) >= 11 is 0. The summed E-state index contributed by atoms with van der Waals surface area (Å²) in [6.07, 6.45) is 1.93. The van der Waals surface area contributed by atoms with Crippen molar-refractivity contribution in [2.75, 3.05) is 5.32 Å². The second-order valence-electron chi connectivity index (χ2n) is 4.19. The second-order valence-corrected chi connectivity index (χ2v) is 4.19. The zero-order chi connectivity index (χ0) is 15.4. The zero-order valence-electron chi connectivity index (χ0n) is 11.0. The molecule has 0 fully saturated rings. The van der Waals surface area contributed by atoms with Crippen LogP contribution >= 0.6 is 0 Å². The quantitative estimate of drug-likeness (QED) is 0.844. The first kappa shape index (κ1) is 14.4. The van der Waals surface area contributed by atoms with Gasteiger partial charge in [-0.05, 0) is 25.1 Å². The van der Waals surface area contributed by atoms with Gasteiger partial charge in [-0.15, -0.1) is 0 Å². The molecule has 1 aromatic heterocycles. The summed E-state index contributed by atoms with van der Waals surface area (Å²) in [5, 5.41) is 14.5. The number of halogens is 1. The third-order valence-electron chi connectivity index (χ3n) is 2.53. The summed E-state index contributed by atoms with van der Waals surface area (Å²) in [5.74, 6) is -2.28. The molecule has 1 aromatic carbocycles. The lowest BCUT2D eigenvalue weighted by atomic mass is 10.1. The van der Waals surface area contributed by atoms with Gasteiger partial charge in [-0.3, -0.25) is 10.1 Å². The molecule has 7 heteroatoms. The third kappa shape index (κ3) is 3.75. The topological polar surface area (TPSA) is 92.4 Å². The number of nitrogens with zero attached hydrogens (tertiary/aromatic N) is 1. The van der Waals surface area contributed by atoms with Crippen LogP contribution in [0.15, 0.2) is 34.9 Å². The van der Waals surface area contributed by atoms with Crippen LogP contribution in [0.4, 0.5) is 10.3 Å². The summed E-state index contributed by atoms with van der Waals surface area (Å²) in [6.45, 7) is 1.70. The molecule has 0 aliphatic carbocycles.